The van der Waals surface area contributed by atoms with Crippen LogP contribution in [-0.2, 0) is 11.2 Å². The van der Waals surface area contributed by atoms with Gasteiger partial charge in [0.15, 0.2) is 0 Å². The molecule has 1 saturated heterocycles. The van der Waals surface area contributed by atoms with Crippen molar-refractivity contribution in [1.29, 1.82) is 0 Å². The Morgan fingerprint density at radius 3 is 2.48 bits per heavy atom. The van der Waals surface area contributed by atoms with E-state index in [2.05, 4.69) is 34.1 Å². The van der Waals surface area contributed by atoms with Crippen molar-refractivity contribution >= 4 is 5.91 Å². The van der Waals surface area contributed by atoms with E-state index in [1.807, 2.05) is 38.7 Å². The van der Waals surface area contributed by atoms with Crippen molar-refractivity contribution in [1.82, 2.24) is 29.5 Å². The third-order valence-corrected chi connectivity index (χ3v) is 5.20. The van der Waals surface area contributed by atoms with Crippen LogP contribution in [0.15, 0.2) is 6.07 Å². The third-order valence-electron chi connectivity index (χ3n) is 5.20. The Kier molecular flexibility index (Phi) is 5.60. The first-order valence-corrected chi connectivity index (χ1v) is 9.58. The van der Waals surface area contributed by atoms with Crippen LogP contribution in [0.4, 0.5) is 0 Å². The zero-order chi connectivity index (χ0) is 19.7. The van der Waals surface area contributed by atoms with Crippen LogP contribution in [0.25, 0.3) is 5.95 Å². The second kappa shape index (κ2) is 7.76. The monoisotopic (exact) mass is 370 g/mol. The highest BCUT2D eigenvalue weighted by molar-refractivity contribution is 5.80. The fourth-order valence-electron chi connectivity index (χ4n) is 3.96. The van der Waals surface area contributed by atoms with Crippen molar-refractivity contribution in [3.05, 3.63) is 34.4 Å². The van der Waals surface area contributed by atoms with Gasteiger partial charge in [0.1, 0.15) is 0 Å². The molecule has 1 aliphatic heterocycles. The van der Waals surface area contributed by atoms with Crippen molar-refractivity contribution < 1.29 is 4.79 Å². The van der Waals surface area contributed by atoms with Crippen LogP contribution in [0.1, 0.15) is 41.2 Å². The van der Waals surface area contributed by atoms with Gasteiger partial charge in [-0.05, 0) is 60.7 Å². The summed E-state index contributed by atoms with van der Waals surface area (Å²) < 4.78 is 1.76. The molecule has 0 N–H and O–H groups in total. The van der Waals surface area contributed by atoms with Gasteiger partial charge in [-0.25, -0.2) is 14.6 Å². The molecule has 1 aliphatic rings. The van der Waals surface area contributed by atoms with E-state index in [9.17, 15) is 4.79 Å². The third kappa shape index (κ3) is 4.18. The lowest BCUT2D eigenvalue weighted by molar-refractivity contribution is -0.131. The quantitative estimate of drug-likeness (QED) is 0.805. The molecule has 0 aromatic carbocycles. The number of rotatable bonds is 5. The van der Waals surface area contributed by atoms with Gasteiger partial charge < -0.3 is 9.80 Å². The van der Waals surface area contributed by atoms with Crippen LogP contribution < -0.4 is 0 Å². The van der Waals surface area contributed by atoms with E-state index in [-0.39, 0.29) is 5.91 Å². The van der Waals surface area contributed by atoms with Crippen molar-refractivity contribution in [2.45, 2.75) is 53.0 Å². The first-order chi connectivity index (χ1) is 12.8. The Hall–Kier alpha value is -2.28. The van der Waals surface area contributed by atoms with Crippen molar-refractivity contribution in [2.75, 3.05) is 27.2 Å². The second-order valence-electron chi connectivity index (χ2n) is 7.83. The predicted octanol–water partition coefficient (Wildman–Crippen LogP) is 1.99. The number of carbonyl (C=O) groups is 1. The van der Waals surface area contributed by atoms with E-state index in [4.69, 9.17) is 0 Å². The molecule has 2 aromatic rings. The normalized spacial score (nSPS) is 17.1. The summed E-state index contributed by atoms with van der Waals surface area (Å²) in [6, 6.07) is 2.25. The molecule has 0 bridgehead atoms. The summed E-state index contributed by atoms with van der Waals surface area (Å²) in [5.41, 5.74) is 4.61. The van der Waals surface area contributed by atoms with E-state index < -0.39 is 0 Å². The minimum atomic E-state index is 0.187. The number of nitrogens with zero attached hydrogens (tertiary/aromatic N) is 6. The molecule has 0 spiro atoms. The van der Waals surface area contributed by atoms with Crippen molar-refractivity contribution in [3.63, 3.8) is 0 Å². The molecule has 1 atom stereocenters. The van der Waals surface area contributed by atoms with E-state index in [0.717, 1.165) is 54.3 Å². The topological polar surface area (TPSA) is 67.2 Å². The summed E-state index contributed by atoms with van der Waals surface area (Å²) in [5, 5.41) is 4.62. The van der Waals surface area contributed by atoms with E-state index in [1.54, 1.807) is 4.68 Å². The summed E-state index contributed by atoms with van der Waals surface area (Å²) in [6.45, 7) is 9.61. The first kappa shape index (κ1) is 19.5. The van der Waals surface area contributed by atoms with Crippen LogP contribution in [0.5, 0.6) is 0 Å². The molecule has 146 valence electrons. The largest absolute Gasteiger partial charge is 0.338 e. The SMILES string of the molecule is Cc1cc(C)nc(-n2nc(C)c(CC(=O)N3CCC[C@@H]3CN(C)C)c2C)n1. The van der Waals surface area contributed by atoms with Gasteiger partial charge in [0.05, 0.1) is 12.1 Å². The zero-order valence-corrected chi connectivity index (χ0v) is 17.3. The van der Waals surface area contributed by atoms with Gasteiger partial charge in [-0.1, -0.05) is 0 Å². The summed E-state index contributed by atoms with van der Waals surface area (Å²) in [7, 11) is 4.12. The molecule has 1 fully saturated rings. The van der Waals surface area contributed by atoms with E-state index >= 15 is 0 Å². The summed E-state index contributed by atoms with van der Waals surface area (Å²) in [6.07, 6.45) is 2.54. The molecule has 1 amide bonds. The van der Waals surface area contributed by atoms with Gasteiger partial charge in [-0.3, -0.25) is 4.79 Å². The Balaban J connectivity index is 1.83. The lowest BCUT2D eigenvalue weighted by atomic mass is 10.1. The lowest BCUT2D eigenvalue weighted by Gasteiger charge is -2.27. The maximum absolute atomic E-state index is 13.0. The number of likely N-dealkylation sites (N-methyl/N-ethyl adjacent to an activating group) is 1. The number of hydrogen-bond donors (Lipinski definition) is 0. The Bertz CT molecular complexity index is 821. The highest BCUT2D eigenvalue weighted by Gasteiger charge is 2.30. The van der Waals surface area contributed by atoms with Gasteiger partial charge in [0, 0.05) is 41.8 Å². The molecule has 0 radical (unpaired) electrons. The lowest BCUT2D eigenvalue weighted by Crippen LogP contribution is -2.42. The molecule has 2 aromatic heterocycles. The van der Waals surface area contributed by atoms with E-state index in [1.165, 1.54) is 0 Å². The Labute approximate surface area is 161 Å². The summed E-state index contributed by atoms with van der Waals surface area (Å²) in [4.78, 5) is 26.2. The van der Waals surface area contributed by atoms with Crippen LogP contribution in [0.3, 0.4) is 0 Å². The smallest absolute Gasteiger partial charge is 0.251 e. The average Bonchev–Trinajstić information content (AvgIpc) is 3.13. The number of aryl methyl sites for hydroxylation is 3. The van der Waals surface area contributed by atoms with Gasteiger partial charge in [-0.2, -0.15) is 5.10 Å². The molecule has 7 nitrogen and oxygen atoms in total. The van der Waals surface area contributed by atoms with Crippen LogP contribution >= 0.6 is 0 Å². The molecule has 0 saturated carbocycles. The molecule has 27 heavy (non-hydrogen) atoms. The van der Waals surface area contributed by atoms with Crippen LogP contribution in [0.2, 0.25) is 0 Å². The number of aromatic nitrogens is 4. The number of amides is 1. The predicted molar refractivity (Wildman–Crippen MR) is 105 cm³/mol. The first-order valence-electron chi connectivity index (χ1n) is 9.58. The minimum absolute atomic E-state index is 0.187. The number of carbonyl (C=O) groups excluding carboxylic acids is 1. The summed E-state index contributed by atoms with van der Waals surface area (Å²) >= 11 is 0. The van der Waals surface area contributed by atoms with Gasteiger partial charge in [0.2, 0.25) is 5.91 Å². The molecule has 0 aliphatic carbocycles. The number of likely N-dealkylation sites (tertiary alicyclic amines) is 1. The molecule has 3 heterocycles. The zero-order valence-electron chi connectivity index (χ0n) is 17.3. The fourth-order valence-corrected chi connectivity index (χ4v) is 3.96. The maximum Gasteiger partial charge on any atom is 0.251 e. The molecule has 3 rings (SSSR count). The maximum atomic E-state index is 13.0. The fraction of sp³-hybridized carbons (Fsp3) is 0.600. The Morgan fingerprint density at radius 1 is 1.19 bits per heavy atom. The van der Waals surface area contributed by atoms with Gasteiger partial charge in [0.25, 0.3) is 5.95 Å². The molecular formula is C20H30N6O. The van der Waals surface area contributed by atoms with Crippen LogP contribution in [0, 0.1) is 27.7 Å². The summed E-state index contributed by atoms with van der Waals surface area (Å²) in [5.74, 6) is 0.755. The van der Waals surface area contributed by atoms with Gasteiger partial charge in [-0.15, -0.1) is 0 Å². The minimum Gasteiger partial charge on any atom is -0.338 e. The highest BCUT2D eigenvalue weighted by atomic mass is 16.2. The molecule has 0 unspecified atom stereocenters. The van der Waals surface area contributed by atoms with E-state index in [0.29, 0.717) is 18.4 Å². The number of hydrogen-bond acceptors (Lipinski definition) is 5. The van der Waals surface area contributed by atoms with Crippen LogP contribution in [-0.4, -0.2) is 68.7 Å². The van der Waals surface area contributed by atoms with Crippen molar-refractivity contribution in [3.8, 4) is 5.95 Å². The molecule has 7 heteroatoms. The standard InChI is InChI=1S/C20H30N6O/c1-13-10-14(2)22-20(21-13)26-16(4)18(15(3)23-26)11-19(27)25-9-7-8-17(25)12-24(5)6/h10,17H,7-9,11-12H2,1-6H3/t17-/m1/s1. The van der Waals surface area contributed by atoms with Crippen molar-refractivity contribution in [2.24, 2.45) is 0 Å². The highest BCUT2D eigenvalue weighted by Crippen LogP contribution is 2.22. The Morgan fingerprint density at radius 2 is 1.85 bits per heavy atom. The molecular weight excluding hydrogens is 340 g/mol. The van der Waals surface area contributed by atoms with Gasteiger partial charge >= 0.3 is 0 Å². The average molecular weight is 371 g/mol. The second-order valence-corrected chi connectivity index (χ2v) is 7.83.